The van der Waals surface area contributed by atoms with Crippen molar-refractivity contribution in [1.29, 1.82) is 0 Å². The zero-order valence-corrected chi connectivity index (χ0v) is 8.63. The lowest BCUT2D eigenvalue weighted by Gasteiger charge is -2.07. The molecule has 1 aromatic carbocycles. The molecule has 0 saturated carbocycles. The van der Waals surface area contributed by atoms with Crippen LogP contribution < -0.4 is 4.74 Å². The fourth-order valence-electron chi connectivity index (χ4n) is 0.820. The van der Waals surface area contributed by atoms with Crippen molar-refractivity contribution < 1.29 is 18.3 Å². The Morgan fingerprint density at radius 1 is 1.36 bits per heavy atom. The second-order valence-electron chi connectivity index (χ2n) is 2.58. The number of rotatable bonds is 3. The van der Waals surface area contributed by atoms with Gasteiger partial charge < -0.3 is 4.74 Å². The Morgan fingerprint density at radius 3 is 2.43 bits per heavy atom. The van der Waals surface area contributed by atoms with Gasteiger partial charge in [-0.3, -0.25) is 4.79 Å². The van der Waals surface area contributed by atoms with E-state index in [-0.39, 0.29) is 5.75 Å². The van der Waals surface area contributed by atoms with Crippen LogP contribution in [0.4, 0.5) is 8.78 Å². The molecule has 0 saturated heterocycles. The maximum Gasteiger partial charge on any atom is 0.318 e. The third-order valence-electron chi connectivity index (χ3n) is 1.32. The zero-order chi connectivity index (χ0) is 10.6. The summed E-state index contributed by atoms with van der Waals surface area (Å²) in [5.74, 6) is -0.715. The van der Waals surface area contributed by atoms with E-state index in [0.717, 1.165) is 0 Å². The highest BCUT2D eigenvalue weighted by Gasteiger charge is 2.29. The van der Waals surface area contributed by atoms with Gasteiger partial charge in [-0.1, -0.05) is 18.2 Å². The highest BCUT2D eigenvalue weighted by molar-refractivity contribution is 9.10. The molecule has 0 unspecified atom stereocenters. The molecule has 0 aliphatic heterocycles. The van der Waals surface area contributed by atoms with Crippen LogP contribution in [0.1, 0.15) is 6.42 Å². The summed E-state index contributed by atoms with van der Waals surface area (Å²) in [6.45, 7) is 0. The largest absolute Gasteiger partial charge is 0.426 e. The molecule has 0 aromatic heterocycles. The van der Waals surface area contributed by atoms with Crippen LogP contribution in [0.2, 0.25) is 0 Å². The maximum atomic E-state index is 12.3. The zero-order valence-electron chi connectivity index (χ0n) is 7.04. The Balaban J connectivity index is 2.50. The Hall–Kier alpha value is -0.970. The molecule has 0 spiro atoms. The second kappa shape index (κ2) is 4.50. The first kappa shape index (κ1) is 11.1. The Bertz CT molecular complexity index is 308. The molecule has 0 aliphatic carbocycles. The van der Waals surface area contributed by atoms with E-state index in [9.17, 15) is 13.6 Å². The van der Waals surface area contributed by atoms with Crippen LogP contribution >= 0.6 is 15.9 Å². The number of hydrogen-bond acceptors (Lipinski definition) is 2. The molecule has 76 valence electrons. The van der Waals surface area contributed by atoms with Crippen LogP contribution in [0.25, 0.3) is 0 Å². The normalized spacial score (nSPS) is 11.1. The van der Waals surface area contributed by atoms with Gasteiger partial charge >= 0.3 is 10.8 Å². The lowest BCUT2D eigenvalue weighted by atomic mass is 10.3. The molecule has 2 nitrogen and oxygen atoms in total. The number of ether oxygens (including phenoxy) is 1. The quantitative estimate of drug-likeness (QED) is 0.477. The first-order chi connectivity index (χ1) is 6.47. The van der Waals surface area contributed by atoms with Crippen molar-refractivity contribution in [2.45, 2.75) is 11.3 Å². The van der Waals surface area contributed by atoms with Gasteiger partial charge in [-0.15, -0.1) is 0 Å². The average molecular weight is 265 g/mol. The molecule has 0 fully saturated rings. The molecule has 0 N–H and O–H groups in total. The summed E-state index contributed by atoms with van der Waals surface area (Å²) in [6.07, 6.45) is -0.984. The van der Waals surface area contributed by atoms with Gasteiger partial charge in [-0.05, 0) is 28.1 Å². The number of esters is 1. The molecule has 0 aliphatic rings. The van der Waals surface area contributed by atoms with Crippen molar-refractivity contribution in [2.24, 2.45) is 0 Å². The van der Waals surface area contributed by atoms with Gasteiger partial charge in [0.2, 0.25) is 0 Å². The van der Waals surface area contributed by atoms with Crippen LogP contribution in [0, 0.1) is 0 Å². The van der Waals surface area contributed by atoms with Gasteiger partial charge in [0.1, 0.15) is 12.2 Å². The summed E-state index contributed by atoms with van der Waals surface area (Å²) in [4.78, 5) is 7.69. The molecule has 1 aromatic rings. The van der Waals surface area contributed by atoms with Crippen LogP contribution in [-0.2, 0) is 4.79 Å². The Labute approximate surface area is 88.0 Å². The lowest BCUT2D eigenvalue weighted by molar-refractivity contribution is -0.137. The highest BCUT2D eigenvalue weighted by Crippen LogP contribution is 2.26. The predicted molar refractivity (Wildman–Crippen MR) is 50.6 cm³/mol. The maximum absolute atomic E-state index is 12.3. The first-order valence-corrected chi connectivity index (χ1v) is 4.59. The number of para-hydroxylation sites is 1. The second-order valence-corrected chi connectivity index (χ2v) is 3.74. The number of halogens is 3. The third kappa shape index (κ3) is 4.32. The summed E-state index contributed by atoms with van der Waals surface area (Å²) >= 11 is 2.06. The Kier molecular flexibility index (Phi) is 3.57. The molecule has 0 radical (unpaired) electrons. The van der Waals surface area contributed by atoms with E-state index < -0.39 is 17.2 Å². The number of benzene rings is 1. The smallest absolute Gasteiger partial charge is 0.318 e. The summed E-state index contributed by atoms with van der Waals surface area (Å²) in [5, 5.41) is 0. The van der Waals surface area contributed by atoms with E-state index in [1.165, 1.54) is 12.1 Å². The van der Waals surface area contributed by atoms with Gasteiger partial charge in [-0.25, -0.2) is 0 Å². The molecule has 1 rings (SSSR count). The van der Waals surface area contributed by atoms with Crippen LogP contribution in [-0.4, -0.2) is 10.8 Å². The number of carbonyl (C=O) groups is 1. The minimum Gasteiger partial charge on any atom is -0.426 e. The average Bonchev–Trinajstić information content (AvgIpc) is 2.02. The standard InChI is InChI=1S/C9H7BrF2O2/c10-9(11,12)6-8(13)14-7-4-2-1-3-5-7/h1-5H,6H2. The van der Waals surface area contributed by atoms with E-state index in [1.807, 2.05) is 0 Å². The van der Waals surface area contributed by atoms with Gasteiger partial charge in [0, 0.05) is 0 Å². The van der Waals surface area contributed by atoms with Crippen molar-refractivity contribution in [1.82, 2.24) is 0 Å². The molecular formula is C9H7BrF2O2. The van der Waals surface area contributed by atoms with Crippen LogP contribution in [0.3, 0.4) is 0 Å². The fourth-order valence-corrected chi connectivity index (χ4v) is 1.05. The van der Waals surface area contributed by atoms with Gasteiger partial charge in [-0.2, -0.15) is 8.78 Å². The third-order valence-corrected chi connectivity index (χ3v) is 1.60. The van der Waals surface area contributed by atoms with E-state index in [2.05, 4.69) is 20.7 Å². The van der Waals surface area contributed by atoms with Crippen LogP contribution in [0.15, 0.2) is 30.3 Å². The lowest BCUT2D eigenvalue weighted by Crippen LogP contribution is -2.17. The minimum absolute atomic E-state index is 0.259. The summed E-state index contributed by atoms with van der Waals surface area (Å²) in [5.41, 5.74) is 0. The summed E-state index contributed by atoms with van der Waals surface area (Å²) in [7, 11) is 0. The van der Waals surface area contributed by atoms with Crippen molar-refractivity contribution >= 4 is 21.9 Å². The molecule has 5 heteroatoms. The summed E-state index contributed by atoms with van der Waals surface area (Å²) < 4.78 is 29.2. The topological polar surface area (TPSA) is 26.3 Å². The fraction of sp³-hybridized carbons (Fsp3) is 0.222. The molecule has 0 amide bonds. The molecule has 0 bridgehead atoms. The molecule has 0 atom stereocenters. The van der Waals surface area contributed by atoms with Crippen molar-refractivity contribution in [2.75, 3.05) is 0 Å². The van der Waals surface area contributed by atoms with E-state index in [4.69, 9.17) is 0 Å². The van der Waals surface area contributed by atoms with E-state index in [1.54, 1.807) is 18.2 Å². The van der Waals surface area contributed by atoms with E-state index >= 15 is 0 Å². The van der Waals surface area contributed by atoms with Crippen molar-refractivity contribution in [3.05, 3.63) is 30.3 Å². The molecule has 14 heavy (non-hydrogen) atoms. The monoisotopic (exact) mass is 264 g/mol. The molecular weight excluding hydrogens is 258 g/mol. The van der Waals surface area contributed by atoms with Gasteiger partial charge in [0.05, 0.1) is 0 Å². The number of hydrogen-bond donors (Lipinski definition) is 0. The summed E-state index contributed by atoms with van der Waals surface area (Å²) in [6, 6.07) is 8.06. The first-order valence-electron chi connectivity index (χ1n) is 3.80. The van der Waals surface area contributed by atoms with Crippen LogP contribution in [0.5, 0.6) is 5.75 Å². The Morgan fingerprint density at radius 2 is 1.93 bits per heavy atom. The van der Waals surface area contributed by atoms with Gasteiger partial charge in [0.15, 0.2) is 0 Å². The van der Waals surface area contributed by atoms with Crippen molar-refractivity contribution in [3.8, 4) is 5.75 Å². The van der Waals surface area contributed by atoms with Crippen molar-refractivity contribution in [3.63, 3.8) is 0 Å². The minimum atomic E-state index is -3.21. The van der Waals surface area contributed by atoms with Gasteiger partial charge in [0.25, 0.3) is 0 Å². The molecule has 0 heterocycles. The number of alkyl halides is 3. The van der Waals surface area contributed by atoms with E-state index in [0.29, 0.717) is 0 Å². The number of carbonyl (C=O) groups excluding carboxylic acids is 1. The highest BCUT2D eigenvalue weighted by atomic mass is 79.9. The predicted octanol–water partition coefficient (Wildman–Crippen LogP) is 2.97. The SMILES string of the molecule is O=C(CC(F)(F)Br)Oc1ccccc1.